The summed E-state index contributed by atoms with van der Waals surface area (Å²) in [5, 5.41) is 3.73. The summed E-state index contributed by atoms with van der Waals surface area (Å²) in [6.07, 6.45) is 0.837. The summed E-state index contributed by atoms with van der Waals surface area (Å²) in [4.78, 5) is 2.24. The van der Waals surface area contributed by atoms with E-state index in [4.69, 9.17) is 9.16 Å². The minimum absolute atomic E-state index is 0.117. The minimum atomic E-state index is -3.62. The van der Waals surface area contributed by atoms with E-state index in [0.717, 1.165) is 25.8 Å². The number of nitrogens with zero attached hydrogens (tertiary/aromatic N) is 1. The highest BCUT2D eigenvalue weighted by atomic mass is 28.4. The fourth-order valence-electron chi connectivity index (χ4n) is 6.68. The molecule has 0 spiro atoms. The Labute approximate surface area is 211 Å². The molecule has 0 unspecified atom stereocenters. The zero-order valence-electron chi connectivity index (χ0n) is 22.8. The summed E-state index contributed by atoms with van der Waals surface area (Å²) in [5.41, 5.74) is 1.10. The van der Waals surface area contributed by atoms with Crippen molar-refractivity contribution in [2.45, 2.75) is 121 Å². The average Bonchev–Trinajstić information content (AvgIpc) is 2.73. The first kappa shape index (κ1) is 28.3. The monoisotopic (exact) mass is 514 g/mol. The summed E-state index contributed by atoms with van der Waals surface area (Å²) < 4.78 is 55.8. The second-order valence-electron chi connectivity index (χ2n) is 12.1. The Kier molecular flexibility index (Phi) is 8.59. The molecule has 1 saturated heterocycles. The van der Waals surface area contributed by atoms with Crippen molar-refractivity contribution in [3.63, 3.8) is 0 Å². The minimum Gasteiger partial charge on any atom is -0.428 e. The van der Waals surface area contributed by atoms with Gasteiger partial charge in [0.2, 0.25) is 8.32 Å². The summed E-state index contributed by atoms with van der Waals surface area (Å²) in [5.74, 6) is -1.21. The summed E-state index contributed by atoms with van der Waals surface area (Å²) in [6, 6.07) is 5.01. The van der Waals surface area contributed by atoms with Gasteiger partial charge in [-0.25, -0.2) is 4.39 Å². The van der Waals surface area contributed by atoms with Gasteiger partial charge in [0.1, 0.15) is 6.61 Å². The second kappa shape index (κ2) is 10.6. The fraction of sp³-hybridized carbons (Fsp3) is 0.778. The number of alkyl halides is 2. The van der Waals surface area contributed by atoms with E-state index in [1.807, 2.05) is 41.5 Å². The molecule has 2 fully saturated rings. The Hall–Kier alpha value is -1.25. The topological polar surface area (TPSA) is 33.7 Å². The van der Waals surface area contributed by atoms with Gasteiger partial charge in [0.25, 0.3) is 0 Å². The molecule has 35 heavy (non-hydrogen) atoms. The van der Waals surface area contributed by atoms with Crippen LogP contribution in [-0.4, -0.2) is 45.2 Å². The predicted molar refractivity (Wildman–Crippen MR) is 140 cm³/mol. The molecular formula is C27H45F3N2O2Si. The van der Waals surface area contributed by atoms with Crippen molar-refractivity contribution in [1.82, 2.24) is 5.32 Å². The van der Waals surface area contributed by atoms with Crippen LogP contribution < -0.4 is 15.0 Å². The molecule has 0 bridgehead atoms. The molecule has 0 amide bonds. The molecule has 1 aliphatic heterocycles. The van der Waals surface area contributed by atoms with Gasteiger partial charge >= 0.3 is 6.11 Å². The first-order chi connectivity index (χ1) is 16.2. The van der Waals surface area contributed by atoms with Crippen LogP contribution in [0.15, 0.2) is 18.2 Å². The van der Waals surface area contributed by atoms with Crippen LogP contribution in [0.4, 0.5) is 18.9 Å². The normalized spacial score (nSPS) is 23.2. The lowest BCUT2D eigenvalue weighted by Gasteiger charge is -2.52. The van der Waals surface area contributed by atoms with Crippen LogP contribution in [0.1, 0.15) is 81.1 Å². The van der Waals surface area contributed by atoms with Gasteiger partial charge in [-0.3, -0.25) is 0 Å². The van der Waals surface area contributed by atoms with E-state index in [0.29, 0.717) is 11.7 Å². The molecule has 8 heteroatoms. The number of ether oxygens (including phenoxy) is 1. The molecule has 4 nitrogen and oxygen atoms in total. The third kappa shape index (κ3) is 6.19. The third-order valence-electron chi connectivity index (χ3n) is 7.98. The SMILES string of the molecule is CC(C)[Si](OCC(F)(F)Oc1ccc(N2CC(C)(C)N[C@H]3CCCC[C@@H]32)cc1F)(C(C)C)C(C)C. The van der Waals surface area contributed by atoms with Crippen LogP contribution in [0.2, 0.25) is 16.6 Å². The maximum Gasteiger partial charge on any atom is 0.420 e. The number of anilines is 1. The predicted octanol–water partition coefficient (Wildman–Crippen LogP) is 7.49. The van der Waals surface area contributed by atoms with Crippen molar-refractivity contribution in [2.75, 3.05) is 18.1 Å². The van der Waals surface area contributed by atoms with Gasteiger partial charge in [-0.05, 0) is 55.4 Å². The number of benzene rings is 1. The Bertz CT molecular complexity index is 841. The van der Waals surface area contributed by atoms with E-state index >= 15 is 4.39 Å². The summed E-state index contributed by atoms with van der Waals surface area (Å²) in [7, 11) is -2.50. The standard InChI is InChI=1S/C27H45F3N2O2Si/c1-18(2)35(19(3)4,20(5)6)33-17-27(29,30)34-25-14-13-21(15-22(25)28)32-16-26(7,8)31-23-11-9-10-12-24(23)32/h13-15,18-20,23-24,31H,9-12,16-17H2,1-8H3/t23-,24-/m0/s1. The molecule has 1 N–H and O–H groups in total. The number of hydrogen-bond donors (Lipinski definition) is 1. The van der Waals surface area contributed by atoms with Crippen LogP contribution in [0.25, 0.3) is 0 Å². The highest BCUT2D eigenvalue weighted by molar-refractivity contribution is 6.77. The van der Waals surface area contributed by atoms with Crippen LogP contribution in [0.3, 0.4) is 0 Å². The van der Waals surface area contributed by atoms with E-state index in [9.17, 15) is 8.78 Å². The van der Waals surface area contributed by atoms with Gasteiger partial charge in [0, 0.05) is 35.9 Å². The van der Waals surface area contributed by atoms with Crippen molar-refractivity contribution in [3.8, 4) is 5.75 Å². The average molecular weight is 515 g/mol. The van der Waals surface area contributed by atoms with Crippen molar-refractivity contribution in [1.29, 1.82) is 0 Å². The van der Waals surface area contributed by atoms with Crippen LogP contribution in [-0.2, 0) is 4.43 Å². The van der Waals surface area contributed by atoms with Crippen molar-refractivity contribution in [2.24, 2.45) is 0 Å². The summed E-state index contributed by atoms with van der Waals surface area (Å²) >= 11 is 0. The Morgan fingerprint density at radius 2 is 1.66 bits per heavy atom. The van der Waals surface area contributed by atoms with E-state index in [2.05, 4.69) is 24.1 Å². The van der Waals surface area contributed by atoms with Gasteiger partial charge in [-0.1, -0.05) is 54.4 Å². The van der Waals surface area contributed by atoms with Crippen LogP contribution in [0, 0.1) is 5.82 Å². The number of fused-ring (bicyclic) bond motifs is 1. The van der Waals surface area contributed by atoms with Gasteiger partial charge in [0.15, 0.2) is 11.6 Å². The lowest BCUT2D eigenvalue weighted by Crippen LogP contribution is -2.67. The zero-order chi connectivity index (χ0) is 26.2. The number of halogens is 3. The summed E-state index contributed by atoms with van der Waals surface area (Å²) in [6.45, 7) is 16.4. The van der Waals surface area contributed by atoms with E-state index < -0.39 is 32.6 Å². The number of nitrogens with one attached hydrogen (secondary N) is 1. The van der Waals surface area contributed by atoms with Crippen LogP contribution >= 0.6 is 0 Å². The van der Waals surface area contributed by atoms with E-state index in [1.54, 1.807) is 6.07 Å². The molecular weight excluding hydrogens is 469 g/mol. The zero-order valence-corrected chi connectivity index (χ0v) is 23.8. The van der Waals surface area contributed by atoms with Gasteiger partial charge < -0.3 is 19.4 Å². The Morgan fingerprint density at radius 3 is 2.23 bits per heavy atom. The largest absolute Gasteiger partial charge is 0.428 e. The van der Waals surface area contributed by atoms with E-state index in [-0.39, 0.29) is 28.2 Å². The molecule has 200 valence electrons. The highest BCUT2D eigenvalue weighted by Crippen LogP contribution is 2.43. The first-order valence-electron chi connectivity index (χ1n) is 13.2. The lowest BCUT2D eigenvalue weighted by molar-refractivity contribution is -0.199. The van der Waals surface area contributed by atoms with Crippen molar-refractivity contribution < 1.29 is 22.3 Å². The van der Waals surface area contributed by atoms with Gasteiger partial charge in [-0.15, -0.1) is 0 Å². The molecule has 0 aromatic heterocycles. The third-order valence-corrected chi connectivity index (χ3v) is 14.0. The maximum atomic E-state index is 15.1. The van der Waals surface area contributed by atoms with Crippen LogP contribution in [0.5, 0.6) is 5.75 Å². The smallest absolute Gasteiger partial charge is 0.420 e. The Morgan fingerprint density at radius 1 is 1.06 bits per heavy atom. The highest BCUT2D eigenvalue weighted by Gasteiger charge is 2.48. The molecule has 3 rings (SSSR count). The molecule has 2 aliphatic rings. The van der Waals surface area contributed by atoms with Gasteiger partial charge in [-0.2, -0.15) is 8.78 Å². The van der Waals surface area contributed by atoms with Crippen molar-refractivity contribution in [3.05, 3.63) is 24.0 Å². The quantitative estimate of drug-likeness (QED) is 0.346. The molecule has 1 saturated carbocycles. The fourth-order valence-corrected chi connectivity index (χ4v) is 12.1. The van der Waals surface area contributed by atoms with E-state index in [1.165, 1.54) is 18.6 Å². The molecule has 0 radical (unpaired) electrons. The lowest BCUT2D eigenvalue weighted by atomic mass is 9.83. The Balaban J connectivity index is 1.76. The number of hydrogen-bond acceptors (Lipinski definition) is 4. The first-order valence-corrected chi connectivity index (χ1v) is 15.4. The number of piperazine rings is 1. The molecule has 1 aliphatic carbocycles. The van der Waals surface area contributed by atoms with Gasteiger partial charge in [0.05, 0.1) is 0 Å². The second-order valence-corrected chi connectivity index (χ2v) is 17.5. The maximum absolute atomic E-state index is 15.1. The molecule has 2 atom stereocenters. The molecule has 1 aromatic carbocycles. The number of rotatable bonds is 9. The molecule has 1 aromatic rings. The molecule has 1 heterocycles. The van der Waals surface area contributed by atoms with Crippen molar-refractivity contribution >= 4 is 14.0 Å².